The summed E-state index contributed by atoms with van der Waals surface area (Å²) in [5, 5.41) is 27.7. The molecule has 9 heteroatoms. The molecule has 2 rings (SSSR count). The number of hydrazone groups is 1. The second-order valence-corrected chi connectivity index (χ2v) is 5.13. The number of hydrogen-bond donors (Lipinski definition) is 3. The molecule has 3 N–H and O–H groups in total. The van der Waals surface area contributed by atoms with Gasteiger partial charge in [0.25, 0.3) is 5.69 Å². The molecule has 0 aliphatic heterocycles. The van der Waals surface area contributed by atoms with Crippen LogP contribution in [-0.4, -0.2) is 28.0 Å². The van der Waals surface area contributed by atoms with Crippen molar-refractivity contribution >= 4 is 34.9 Å². The Morgan fingerprint density at radius 1 is 1.36 bits per heavy atom. The van der Waals surface area contributed by atoms with Crippen molar-refractivity contribution in [3.8, 4) is 11.5 Å². The molecule has 2 aromatic rings. The van der Waals surface area contributed by atoms with Gasteiger partial charge in [0.2, 0.25) is 0 Å². The lowest BCUT2D eigenvalue weighted by molar-refractivity contribution is -0.383. The zero-order valence-corrected chi connectivity index (χ0v) is 14.1. The molecule has 8 nitrogen and oxygen atoms in total. The lowest BCUT2D eigenvalue weighted by Crippen LogP contribution is -2.24. The van der Waals surface area contributed by atoms with E-state index in [0.717, 1.165) is 0 Å². The van der Waals surface area contributed by atoms with Crippen LogP contribution in [0.15, 0.2) is 47.6 Å². The van der Waals surface area contributed by atoms with Crippen molar-refractivity contribution < 1.29 is 14.8 Å². The van der Waals surface area contributed by atoms with E-state index in [0.29, 0.717) is 17.9 Å². The number of para-hydroxylation sites is 3. The van der Waals surface area contributed by atoms with Gasteiger partial charge in [-0.2, -0.15) is 5.10 Å². The Hall–Kier alpha value is -3.20. The van der Waals surface area contributed by atoms with E-state index < -0.39 is 4.92 Å². The number of phenols is 1. The van der Waals surface area contributed by atoms with Gasteiger partial charge in [-0.1, -0.05) is 18.2 Å². The van der Waals surface area contributed by atoms with Gasteiger partial charge in [0.05, 0.1) is 17.7 Å². The lowest BCUT2D eigenvalue weighted by Gasteiger charge is -2.08. The number of nitrogens with one attached hydrogen (secondary N) is 2. The third kappa shape index (κ3) is 4.88. The summed E-state index contributed by atoms with van der Waals surface area (Å²) >= 11 is 5.05. The number of benzene rings is 2. The third-order valence-corrected chi connectivity index (χ3v) is 3.24. The maximum absolute atomic E-state index is 11.0. The highest BCUT2D eigenvalue weighted by molar-refractivity contribution is 7.80. The number of nitro benzene ring substituents is 1. The van der Waals surface area contributed by atoms with E-state index >= 15 is 0 Å². The smallest absolute Gasteiger partial charge is 0.292 e. The molecule has 0 amide bonds. The first-order valence-electron chi connectivity index (χ1n) is 7.31. The molecule has 0 aliphatic carbocycles. The Labute approximate surface area is 149 Å². The van der Waals surface area contributed by atoms with Crippen LogP contribution in [0.5, 0.6) is 11.5 Å². The SMILES string of the molecule is CCOc1cccc(/C=N/NC(=S)Nc2ccccc2[N+](=O)[O-])c1O. The van der Waals surface area contributed by atoms with Gasteiger partial charge in [0.15, 0.2) is 16.6 Å². The number of nitro groups is 1. The van der Waals surface area contributed by atoms with E-state index in [9.17, 15) is 15.2 Å². The molecular formula is C16H16N4O4S. The van der Waals surface area contributed by atoms with Crippen LogP contribution < -0.4 is 15.5 Å². The van der Waals surface area contributed by atoms with Crippen molar-refractivity contribution in [2.45, 2.75) is 6.92 Å². The quantitative estimate of drug-likeness (QED) is 0.314. The molecule has 0 saturated carbocycles. The second kappa shape index (κ2) is 8.60. The topological polar surface area (TPSA) is 109 Å². The maximum Gasteiger partial charge on any atom is 0.292 e. The predicted octanol–water partition coefficient (Wildman–Crippen LogP) is 3.02. The fraction of sp³-hybridized carbons (Fsp3) is 0.125. The monoisotopic (exact) mass is 360 g/mol. The van der Waals surface area contributed by atoms with Gasteiger partial charge in [-0.15, -0.1) is 0 Å². The highest BCUT2D eigenvalue weighted by Gasteiger charge is 2.12. The first kappa shape index (κ1) is 18.1. The van der Waals surface area contributed by atoms with Crippen molar-refractivity contribution in [3.63, 3.8) is 0 Å². The minimum absolute atomic E-state index is 0.0347. The number of thiocarbonyl (C=S) groups is 1. The number of rotatable bonds is 6. The molecule has 2 aromatic carbocycles. The Morgan fingerprint density at radius 2 is 2.12 bits per heavy atom. The summed E-state index contributed by atoms with van der Waals surface area (Å²) in [7, 11) is 0. The van der Waals surface area contributed by atoms with Crippen LogP contribution in [0.1, 0.15) is 12.5 Å². The molecule has 0 saturated heterocycles. The average molecular weight is 360 g/mol. The number of hydrogen-bond acceptors (Lipinski definition) is 6. The van der Waals surface area contributed by atoms with Crippen LogP contribution in [0, 0.1) is 10.1 Å². The molecule has 0 bridgehead atoms. The van der Waals surface area contributed by atoms with E-state index in [4.69, 9.17) is 17.0 Å². The first-order chi connectivity index (χ1) is 12.0. The van der Waals surface area contributed by atoms with Gasteiger partial charge in [0.1, 0.15) is 5.69 Å². The number of ether oxygens (including phenoxy) is 1. The normalized spacial score (nSPS) is 10.4. The fourth-order valence-electron chi connectivity index (χ4n) is 1.96. The van der Waals surface area contributed by atoms with Crippen molar-refractivity contribution in [3.05, 3.63) is 58.1 Å². The van der Waals surface area contributed by atoms with E-state index in [-0.39, 0.29) is 22.2 Å². The van der Waals surface area contributed by atoms with E-state index in [1.165, 1.54) is 18.3 Å². The minimum Gasteiger partial charge on any atom is -0.504 e. The van der Waals surface area contributed by atoms with Gasteiger partial charge in [-0.05, 0) is 37.3 Å². The molecule has 0 aliphatic rings. The van der Waals surface area contributed by atoms with Crippen molar-refractivity contribution in [2.75, 3.05) is 11.9 Å². The summed E-state index contributed by atoms with van der Waals surface area (Å²) < 4.78 is 5.29. The largest absolute Gasteiger partial charge is 0.504 e. The van der Waals surface area contributed by atoms with Crippen molar-refractivity contribution in [1.29, 1.82) is 0 Å². The lowest BCUT2D eigenvalue weighted by atomic mass is 10.2. The van der Waals surface area contributed by atoms with E-state index in [1.807, 2.05) is 6.92 Å². The highest BCUT2D eigenvalue weighted by atomic mass is 32.1. The van der Waals surface area contributed by atoms with Gasteiger partial charge >= 0.3 is 0 Å². The second-order valence-electron chi connectivity index (χ2n) is 4.73. The van der Waals surface area contributed by atoms with Gasteiger partial charge < -0.3 is 15.2 Å². The van der Waals surface area contributed by atoms with Crippen LogP contribution in [0.2, 0.25) is 0 Å². The van der Waals surface area contributed by atoms with E-state index in [1.54, 1.807) is 30.3 Å². The van der Waals surface area contributed by atoms with Gasteiger partial charge in [-0.3, -0.25) is 15.5 Å². The molecule has 0 aromatic heterocycles. The molecule has 0 heterocycles. The van der Waals surface area contributed by atoms with Gasteiger partial charge in [0, 0.05) is 11.6 Å². The number of aromatic hydroxyl groups is 1. The summed E-state index contributed by atoms with van der Waals surface area (Å²) in [5.74, 6) is 0.319. The first-order valence-corrected chi connectivity index (χ1v) is 7.72. The summed E-state index contributed by atoms with van der Waals surface area (Å²) in [5.41, 5.74) is 3.13. The molecular weight excluding hydrogens is 344 g/mol. The van der Waals surface area contributed by atoms with Crippen molar-refractivity contribution in [2.24, 2.45) is 5.10 Å². The van der Waals surface area contributed by atoms with Gasteiger partial charge in [-0.25, -0.2) is 0 Å². The maximum atomic E-state index is 11.0. The van der Waals surface area contributed by atoms with Crippen LogP contribution in [0.25, 0.3) is 0 Å². The Balaban J connectivity index is 2.02. The number of phenolic OH excluding ortho intramolecular Hbond substituents is 1. The predicted molar refractivity (Wildman–Crippen MR) is 99.3 cm³/mol. The molecule has 0 fully saturated rings. The summed E-state index contributed by atoms with van der Waals surface area (Å²) in [6.45, 7) is 2.24. The average Bonchev–Trinajstić information content (AvgIpc) is 2.58. The minimum atomic E-state index is -0.508. The highest BCUT2D eigenvalue weighted by Crippen LogP contribution is 2.28. The van der Waals surface area contributed by atoms with Crippen LogP contribution in [0.4, 0.5) is 11.4 Å². The van der Waals surface area contributed by atoms with Crippen LogP contribution in [0.3, 0.4) is 0 Å². The Morgan fingerprint density at radius 3 is 2.84 bits per heavy atom. The fourth-order valence-corrected chi connectivity index (χ4v) is 2.13. The number of nitrogens with zero attached hydrogens (tertiary/aromatic N) is 2. The Bertz CT molecular complexity index is 810. The van der Waals surface area contributed by atoms with E-state index in [2.05, 4.69) is 15.8 Å². The molecule has 0 unspecified atom stereocenters. The Kier molecular flexibility index (Phi) is 6.24. The molecule has 25 heavy (non-hydrogen) atoms. The zero-order chi connectivity index (χ0) is 18.2. The molecule has 0 spiro atoms. The van der Waals surface area contributed by atoms with Crippen LogP contribution in [-0.2, 0) is 0 Å². The molecule has 0 radical (unpaired) electrons. The van der Waals surface area contributed by atoms with Crippen LogP contribution >= 0.6 is 12.2 Å². The molecule has 0 atom stereocenters. The summed E-state index contributed by atoms with van der Waals surface area (Å²) in [6.07, 6.45) is 1.37. The third-order valence-electron chi connectivity index (χ3n) is 3.05. The summed E-state index contributed by atoms with van der Waals surface area (Å²) in [4.78, 5) is 10.4. The number of anilines is 1. The standard InChI is InChI=1S/C16H16N4O4S/c1-2-24-14-9-5-6-11(15(14)21)10-17-19-16(25)18-12-7-3-4-8-13(12)20(22)23/h3-10,21H,2H2,1H3,(H2,18,19,25)/b17-10+. The molecule has 130 valence electrons. The zero-order valence-electron chi connectivity index (χ0n) is 13.3. The summed E-state index contributed by atoms with van der Waals surface area (Å²) in [6, 6.07) is 11.1. The van der Waals surface area contributed by atoms with Crippen molar-refractivity contribution in [1.82, 2.24) is 5.43 Å².